The van der Waals surface area contributed by atoms with Crippen molar-refractivity contribution in [3.05, 3.63) is 36.0 Å². The minimum Gasteiger partial charge on any atom is -0.326 e. The van der Waals surface area contributed by atoms with Gasteiger partial charge in [-0.25, -0.2) is 4.98 Å². The average molecular weight is 240 g/mol. The van der Waals surface area contributed by atoms with Crippen molar-refractivity contribution in [2.24, 2.45) is 7.05 Å². The van der Waals surface area contributed by atoms with Crippen molar-refractivity contribution in [2.45, 2.75) is 20.4 Å². The van der Waals surface area contributed by atoms with Crippen LogP contribution in [-0.2, 0) is 13.6 Å². The first-order chi connectivity index (χ1) is 8.70. The van der Waals surface area contributed by atoms with E-state index in [9.17, 15) is 0 Å². The molecule has 0 atom stereocenters. The summed E-state index contributed by atoms with van der Waals surface area (Å²) in [4.78, 5) is 4.73. The van der Waals surface area contributed by atoms with Crippen LogP contribution in [0.3, 0.4) is 0 Å². The number of aryl methyl sites for hydroxylation is 3. The van der Waals surface area contributed by atoms with E-state index < -0.39 is 0 Å². The van der Waals surface area contributed by atoms with Crippen molar-refractivity contribution in [3.63, 3.8) is 0 Å². The maximum absolute atomic E-state index is 4.73. The van der Waals surface area contributed by atoms with Crippen LogP contribution in [0.2, 0.25) is 0 Å². The van der Waals surface area contributed by atoms with Gasteiger partial charge in [0.15, 0.2) is 5.82 Å². The molecule has 4 heteroatoms. The highest BCUT2D eigenvalue weighted by Crippen LogP contribution is 2.24. The van der Waals surface area contributed by atoms with Gasteiger partial charge in [-0.3, -0.25) is 4.68 Å². The highest BCUT2D eigenvalue weighted by molar-refractivity contribution is 5.80. The Morgan fingerprint density at radius 1 is 1.22 bits per heavy atom. The van der Waals surface area contributed by atoms with Gasteiger partial charge in [0, 0.05) is 19.8 Å². The van der Waals surface area contributed by atoms with E-state index in [0.717, 1.165) is 29.1 Å². The van der Waals surface area contributed by atoms with Gasteiger partial charge in [0.2, 0.25) is 0 Å². The van der Waals surface area contributed by atoms with Gasteiger partial charge >= 0.3 is 0 Å². The lowest BCUT2D eigenvalue weighted by atomic mass is 10.2. The fourth-order valence-corrected chi connectivity index (χ4v) is 2.31. The van der Waals surface area contributed by atoms with E-state index in [2.05, 4.69) is 41.7 Å². The number of hydrogen-bond donors (Lipinski definition) is 0. The van der Waals surface area contributed by atoms with E-state index in [0.29, 0.717) is 0 Å². The van der Waals surface area contributed by atoms with Crippen LogP contribution in [0.4, 0.5) is 0 Å². The van der Waals surface area contributed by atoms with Gasteiger partial charge in [-0.15, -0.1) is 0 Å². The van der Waals surface area contributed by atoms with Crippen molar-refractivity contribution in [3.8, 4) is 11.5 Å². The van der Waals surface area contributed by atoms with Gasteiger partial charge in [0.25, 0.3) is 0 Å². The summed E-state index contributed by atoms with van der Waals surface area (Å²) in [5, 5.41) is 4.30. The first kappa shape index (κ1) is 11.0. The molecular weight excluding hydrogens is 224 g/mol. The maximum atomic E-state index is 4.73. The van der Waals surface area contributed by atoms with Gasteiger partial charge in [-0.2, -0.15) is 5.10 Å². The highest BCUT2D eigenvalue weighted by atomic mass is 15.3. The highest BCUT2D eigenvalue weighted by Gasteiger charge is 2.13. The molecule has 4 nitrogen and oxygen atoms in total. The summed E-state index contributed by atoms with van der Waals surface area (Å²) in [6.45, 7) is 5.03. The fraction of sp³-hybridized carbons (Fsp3) is 0.286. The Morgan fingerprint density at radius 3 is 2.83 bits per heavy atom. The van der Waals surface area contributed by atoms with E-state index in [4.69, 9.17) is 4.98 Å². The largest absolute Gasteiger partial charge is 0.326 e. The predicted octanol–water partition coefficient (Wildman–Crippen LogP) is 2.77. The summed E-state index contributed by atoms with van der Waals surface area (Å²) in [6, 6.07) is 8.36. The molecule has 92 valence electrons. The predicted molar refractivity (Wildman–Crippen MR) is 72.3 cm³/mol. The Labute approximate surface area is 106 Å². The molecule has 0 bridgehead atoms. The lowest BCUT2D eigenvalue weighted by Crippen LogP contribution is -2.02. The quantitative estimate of drug-likeness (QED) is 0.690. The van der Waals surface area contributed by atoms with Crippen LogP contribution in [0.1, 0.15) is 12.5 Å². The Balaban J connectivity index is 2.27. The van der Waals surface area contributed by atoms with Crippen LogP contribution in [0.5, 0.6) is 0 Å². The average Bonchev–Trinajstić information content (AvgIpc) is 2.93. The number of fused-ring (bicyclic) bond motifs is 1. The normalized spacial score (nSPS) is 11.3. The lowest BCUT2D eigenvalue weighted by Gasteiger charge is -2.04. The van der Waals surface area contributed by atoms with E-state index in [-0.39, 0.29) is 0 Å². The Morgan fingerprint density at radius 2 is 2.06 bits per heavy atom. The summed E-state index contributed by atoms with van der Waals surface area (Å²) in [5.74, 6) is 0.968. The van der Waals surface area contributed by atoms with Gasteiger partial charge in [0.1, 0.15) is 5.69 Å². The molecule has 0 aliphatic carbocycles. The van der Waals surface area contributed by atoms with Crippen LogP contribution in [0.25, 0.3) is 22.6 Å². The molecule has 1 aromatic carbocycles. The summed E-state index contributed by atoms with van der Waals surface area (Å²) in [7, 11) is 2.05. The summed E-state index contributed by atoms with van der Waals surface area (Å²) in [5.41, 5.74) is 4.49. The van der Waals surface area contributed by atoms with Crippen LogP contribution < -0.4 is 0 Å². The van der Waals surface area contributed by atoms with E-state index in [1.54, 1.807) is 0 Å². The molecule has 0 radical (unpaired) electrons. The third kappa shape index (κ3) is 1.53. The monoisotopic (exact) mass is 240 g/mol. The maximum Gasteiger partial charge on any atom is 0.159 e. The third-order valence-corrected chi connectivity index (χ3v) is 3.28. The topological polar surface area (TPSA) is 35.6 Å². The fourth-order valence-electron chi connectivity index (χ4n) is 2.31. The first-order valence-corrected chi connectivity index (χ1v) is 6.16. The zero-order valence-electron chi connectivity index (χ0n) is 10.9. The minimum atomic E-state index is 0.852. The molecule has 2 heterocycles. The number of hydrogen-bond acceptors (Lipinski definition) is 2. The summed E-state index contributed by atoms with van der Waals surface area (Å²) < 4.78 is 4.09. The number of rotatable bonds is 2. The zero-order valence-corrected chi connectivity index (χ0v) is 10.9. The van der Waals surface area contributed by atoms with Crippen molar-refractivity contribution in [1.29, 1.82) is 0 Å². The molecule has 3 rings (SSSR count). The molecule has 0 amide bonds. The molecule has 0 unspecified atom stereocenters. The summed E-state index contributed by atoms with van der Waals surface area (Å²) in [6.07, 6.45) is 1.82. The van der Waals surface area contributed by atoms with Crippen LogP contribution in [-0.4, -0.2) is 19.3 Å². The Kier molecular flexibility index (Phi) is 2.44. The van der Waals surface area contributed by atoms with Crippen molar-refractivity contribution >= 4 is 11.0 Å². The smallest absolute Gasteiger partial charge is 0.159 e. The van der Waals surface area contributed by atoms with Gasteiger partial charge in [-0.1, -0.05) is 6.07 Å². The number of aromatic nitrogens is 4. The third-order valence-electron chi connectivity index (χ3n) is 3.28. The second-order valence-electron chi connectivity index (χ2n) is 4.52. The molecule has 0 aliphatic heterocycles. The standard InChI is InChI=1S/C14H16N4/c1-4-18-13(7-8-15-18)14-16-11-9-10(2)5-6-12(11)17(14)3/h5-9H,4H2,1-3H3. The van der Waals surface area contributed by atoms with Gasteiger partial charge < -0.3 is 4.57 Å². The van der Waals surface area contributed by atoms with Gasteiger partial charge in [0.05, 0.1) is 11.0 Å². The molecule has 0 fully saturated rings. The van der Waals surface area contributed by atoms with Crippen molar-refractivity contribution in [2.75, 3.05) is 0 Å². The molecule has 0 saturated heterocycles. The van der Waals surface area contributed by atoms with E-state index >= 15 is 0 Å². The van der Waals surface area contributed by atoms with Crippen molar-refractivity contribution < 1.29 is 0 Å². The molecule has 3 aromatic rings. The van der Waals surface area contributed by atoms with Crippen LogP contribution >= 0.6 is 0 Å². The molecule has 0 saturated carbocycles. The lowest BCUT2D eigenvalue weighted by molar-refractivity contribution is 0.661. The molecular formula is C14H16N4. The molecule has 2 aromatic heterocycles. The van der Waals surface area contributed by atoms with Crippen LogP contribution in [0.15, 0.2) is 30.5 Å². The molecule has 0 spiro atoms. The first-order valence-electron chi connectivity index (χ1n) is 6.16. The summed E-state index contributed by atoms with van der Waals surface area (Å²) >= 11 is 0. The number of benzene rings is 1. The minimum absolute atomic E-state index is 0.852. The van der Waals surface area contributed by atoms with Crippen LogP contribution in [0, 0.1) is 6.92 Å². The molecule has 18 heavy (non-hydrogen) atoms. The van der Waals surface area contributed by atoms with E-state index in [1.807, 2.05) is 24.0 Å². The second-order valence-corrected chi connectivity index (χ2v) is 4.52. The van der Waals surface area contributed by atoms with E-state index in [1.165, 1.54) is 5.56 Å². The SMILES string of the molecule is CCn1nccc1-c1nc2cc(C)ccc2n1C. The van der Waals surface area contributed by atoms with Crippen molar-refractivity contribution in [1.82, 2.24) is 19.3 Å². The number of imidazole rings is 1. The number of nitrogens with zero attached hydrogens (tertiary/aromatic N) is 4. The Hall–Kier alpha value is -2.10. The molecule has 0 aliphatic rings. The second kappa shape index (κ2) is 3.98. The van der Waals surface area contributed by atoms with Gasteiger partial charge in [-0.05, 0) is 37.6 Å². The molecule has 0 N–H and O–H groups in total. The zero-order chi connectivity index (χ0) is 12.7. The Bertz CT molecular complexity index is 706.